The van der Waals surface area contributed by atoms with Crippen LogP contribution in [0.5, 0.6) is 0 Å². The lowest BCUT2D eigenvalue weighted by atomic mass is 9.93. The Morgan fingerprint density at radius 1 is 1.32 bits per heavy atom. The van der Waals surface area contributed by atoms with Crippen LogP contribution in [0.2, 0.25) is 0 Å². The van der Waals surface area contributed by atoms with Crippen LogP contribution in [-0.4, -0.2) is 42.8 Å². The molecular weight excluding hydrogens is 274 g/mol. The maximum absolute atomic E-state index is 9.37. The van der Waals surface area contributed by atoms with E-state index in [9.17, 15) is 5.11 Å². The molecule has 2 atom stereocenters. The first-order valence-corrected chi connectivity index (χ1v) is 8.16. The Labute approximate surface area is 134 Å². The molecule has 0 radical (unpaired) electrons. The van der Waals surface area contributed by atoms with Gasteiger partial charge in [0.2, 0.25) is 0 Å². The lowest BCUT2D eigenvalue weighted by molar-refractivity contribution is 0.0771. The van der Waals surface area contributed by atoms with Gasteiger partial charge in [-0.2, -0.15) is 5.26 Å². The van der Waals surface area contributed by atoms with Crippen molar-refractivity contribution < 1.29 is 5.11 Å². The van der Waals surface area contributed by atoms with Crippen molar-refractivity contribution in [2.24, 2.45) is 5.92 Å². The van der Waals surface area contributed by atoms with Crippen molar-refractivity contribution >= 4 is 5.69 Å². The molecule has 1 heterocycles. The molecule has 1 aromatic rings. The summed E-state index contributed by atoms with van der Waals surface area (Å²) < 4.78 is 0. The lowest BCUT2D eigenvalue weighted by Gasteiger charge is -2.37. The van der Waals surface area contributed by atoms with Crippen LogP contribution in [-0.2, 0) is 6.54 Å². The van der Waals surface area contributed by atoms with E-state index in [2.05, 4.69) is 47.1 Å². The van der Waals surface area contributed by atoms with Crippen LogP contribution in [0.25, 0.3) is 0 Å². The average Bonchev–Trinajstić information content (AvgIpc) is 2.55. The number of nitrogens with zero attached hydrogens (tertiary/aromatic N) is 3. The molecule has 22 heavy (non-hydrogen) atoms. The van der Waals surface area contributed by atoms with Crippen molar-refractivity contribution in [1.82, 2.24) is 4.90 Å². The predicted octanol–water partition coefficient (Wildman–Crippen LogP) is 2.63. The van der Waals surface area contributed by atoms with Gasteiger partial charge in [0.05, 0.1) is 12.5 Å². The zero-order valence-electron chi connectivity index (χ0n) is 13.7. The maximum Gasteiger partial charge on any atom is 0.0640 e. The van der Waals surface area contributed by atoms with Gasteiger partial charge in [-0.05, 0) is 43.4 Å². The number of benzene rings is 1. The molecule has 0 aromatic heterocycles. The van der Waals surface area contributed by atoms with Gasteiger partial charge in [0.25, 0.3) is 0 Å². The summed E-state index contributed by atoms with van der Waals surface area (Å²) in [6, 6.07) is 11.4. The number of piperidine rings is 1. The molecule has 2 rings (SSSR count). The van der Waals surface area contributed by atoms with Crippen LogP contribution in [0.1, 0.15) is 31.7 Å². The molecule has 1 aromatic carbocycles. The van der Waals surface area contributed by atoms with Gasteiger partial charge >= 0.3 is 0 Å². The smallest absolute Gasteiger partial charge is 0.0640 e. The second-order valence-electron chi connectivity index (χ2n) is 6.40. The predicted molar refractivity (Wildman–Crippen MR) is 89.6 cm³/mol. The number of aliphatic hydroxyl groups is 1. The van der Waals surface area contributed by atoms with Crippen molar-refractivity contribution in [3.05, 3.63) is 29.8 Å². The van der Waals surface area contributed by atoms with Gasteiger partial charge in [0.1, 0.15) is 0 Å². The van der Waals surface area contributed by atoms with E-state index in [1.807, 2.05) is 7.05 Å². The third kappa shape index (κ3) is 4.46. The van der Waals surface area contributed by atoms with Crippen molar-refractivity contribution in [1.29, 1.82) is 5.26 Å². The van der Waals surface area contributed by atoms with Gasteiger partial charge < -0.3 is 10.0 Å². The zero-order valence-corrected chi connectivity index (χ0v) is 13.7. The zero-order chi connectivity index (χ0) is 15.9. The Hall–Kier alpha value is -1.57. The Morgan fingerprint density at radius 2 is 2.05 bits per heavy atom. The Morgan fingerprint density at radius 3 is 2.68 bits per heavy atom. The van der Waals surface area contributed by atoms with Gasteiger partial charge in [0, 0.05) is 45.0 Å². The highest BCUT2D eigenvalue weighted by Crippen LogP contribution is 2.24. The number of hydrogen-bond acceptors (Lipinski definition) is 4. The quantitative estimate of drug-likeness (QED) is 0.877. The molecule has 1 N–H and O–H groups in total. The monoisotopic (exact) mass is 301 g/mol. The molecule has 4 nitrogen and oxygen atoms in total. The molecule has 4 heteroatoms. The Bertz CT molecular complexity index is 494. The van der Waals surface area contributed by atoms with Crippen molar-refractivity contribution in [2.75, 3.05) is 31.6 Å². The number of nitriles is 1. The highest BCUT2D eigenvalue weighted by molar-refractivity contribution is 5.46. The normalized spacial score (nSPS) is 22.3. The van der Waals surface area contributed by atoms with E-state index in [1.54, 1.807) is 0 Å². The molecule has 0 bridgehead atoms. The van der Waals surface area contributed by atoms with E-state index in [4.69, 9.17) is 5.26 Å². The van der Waals surface area contributed by atoms with E-state index in [1.165, 1.54) is 12.0 Å². The summed E-state index contributed by atoms with van der Waals surface area (Å²) in [5.74, 6) is 0.424. The molecule has 1 saturated heterocycles. The van der Waals surface area contributed by atoms with Gasteiger partial charge in [-0.25, -0.2) is 0 Å². The van der Waals surface area contributed by atoms with Crippen molar-refractivity contribution in [3.8, 4) is 6.07 Å². The standard InChI is InChI=1S/C18H27N3O/c1-15-4-5-17(14-22)13-21(15)12-16-6-8-18(9-7-16)20(2)11-3-10-19/h6-9,15,17,22H,3-5,11-14H2,1-2H3. The van der Waals surface area contributed by atoms with E-state index < -0.39 is 0 Å². The fourth-order valence-corrected chi connectivity index (χ4v) is 3.07. The van der Waals surface area contributed by atoms with Crippen molar-refractivity contribution in [3.63, 3.8) is 0 Å². The van der Waals surface area contributed by atoms with Gasteiger partial charge in [-0.1, -0.05) is 12.1 Å². The molecule has 120 valence electrons. The molecule has 2 unspecified atom stereocenters. The molecular formula is C18H27N3O. The van der Waals surface area contributed by atoms with E-state index >= 15 is 0 Å². The summed E-state index contributed by atoms with van der Waals surface area (Å²) in [4.78, 5) is 4.58. The van der Waals surface area contributed by atoms with Crippen LogP contribution in [0.3, 0.4) is 0 Å². The minimum absolute atomic E-state index is 0.297. The number of aliphatic hydroxyl groups excluding tert-OH is 1. The molecule has 0 spiro atoms. The van der Waals surface area contributed by atoms with Crippen LogP contribution in [0.4, 0.5) is 5.69 Å². The summed E-state index contributed by atoms with van der Waals surface area (Å²) in [6.07, 6.45) is 2.85. The number of rotatable bonds is 6. The summed E-state index contributed by atoms with van der Waals surface area (Å²) in [7, 11) is 2.02. The maximum atomic E-state index is 9.37. The number of likely N-dealkylation sites (tertiary alicyclic amines) is 1. The minimum atomic E-state index is 0.297. The molecule has 1 aliphatic rings. The van der Waals surface area contributed by atoms with Gasteiger partial charge in [0.15, 0.2) is 0 Å². The molecule has 0 saturated carbocycles. The molecule has 0 amide bonds. The summed E-state index contributed by atoms with van der Waals surface area (Å²) >= 11 is 0. The summed E-state index contributed by atoms with van der Waals surface area (Å²) in [5.41, 5.74) is 2.46. The number of anilines is 1. The van der Waals surface area contributed by atoms with E-state index in [0.717, 1.165) is 31.7 Å². The minimum Gasteiger partial charge on any atom is -0.396 e. The van der Waals surface area contributed by atoms with Crippen LogP contribution >= 0.6 is 0 Å². The van der Waals surface area contributed by atoms with Crippen molar-refractivity contribution in [2.45, 2.75) is 38.8 Å². The molecule has 0 aliphatic carbocycles. The molecule has 1 fully saturated rings. The SMILES string of the molecule is CC1CCC(CO)CN1Cc1ccc(N(C)CCC#N)cc1. The highest BCUT2D eigenvalue weighted by atomic mass is 16.3. The van der Waals surface area contributed by atoms with E-state index in [0.29, 0.717) is 25.0 Å². The third-order valence-corrected chi connectivity index (χ3v) is 4.69. The Kier molecular flexibility index (Phi) is 6.23. The fraction of sp³-hybridized carbons (Fsp3) is 0.611. The first-order valence-electron chi connectivity index (χ1n) is 8.16. The Balaban J connectivity index is 1.94. The first kappa shape index (κ1) is 16.8. The van der Waals surface area contributed by atoms with Crippen LogP contribution < -0.4 is 4.90 Å². The first-order chi connectivity index (χ1) is 10.6. The fourth-order valence-electron chi connectivity index (χ4n) is 3.07. The second kappa shape index (κ2) is 8.17. The topological polar surface area (TPSA) is 50.5 Å². The van der Waals surface area contributed by atoms with E-state index in [-0.39, 0.29) is 0 Å². The summed E-state index contributed by atoms with van der Waals surface area (Å²) in [5, 5.41) is 18.0. The average molecular weight is 301 g/mol. The van der Waals surface area contributed by atoms with Gasteiger partial charge in [-0.15, -0.1) is 0 Å². The largest absolute Gasteiger partial charge is 0.396 e. The van der Waals surface area contributed by atoms with Crippen LogP contribution in [0, 0.1) is 17.2 Å². The highest BCUT2D eigenvalue weighted by Gasteiger charge is 2.24. The summed E-state index contributed by atoms with van der Waals surface area (Å²) in [6.45, 7) is 5.27. The second-order valence-corrected chi connectivity index (χ2v) is 6.40. The molecule has 1 aliphatic heterocycles. The van der Waals surface area contributed by atoms with Crippen LogP contribution in [0.15, 0.2) is 24.3 Å². The third-order valence-electron chi connectivity index (χ3n) is 4.69. The number of hydrogen-bond donors (Lipinski definition) is 1. The lowest BCUT2D eigenvalue weighted by Crippen LogP contribution is -2.42. The van der Waals surface area contributed by atoms with Gasteiger partial charge in [-0.3, -0.25) is 4.90 Å².